The Bertz CT molecular complexity index is 547. The molecule has 2 N–H and O–H groups in total. The highest BCUT2D eigenvalue weighted by molar-refractivity contribution is 5.96. The van der Waals surface area contributed by atoms with E-state index in [1.54, 1.807) is 0 Å². The van der Waals surface area contributed by atoms with E-state index in [-0.39, 0.29) is 31.2 Å². The fraction of sp³-hybridized carbons (Fsp3) is 0.333. The van der Waals surface area contributed by atoms with Gasteiger partial charge in [-0.2, -0.15) is 0 Å². The van der Waals surface area contributed by atoms with Crippen molar-refractivity contribution < 1.29 is 28.6 Å². The molecule has 1 atom stereocenters. The van der Waals surface area contributed by atoms with Gasteiger partial charge < -0.3 is 15.1 Å². The molecule has 1 unspecified atom stereocenters. The predicted molar refractivity (Wildman–Crippen MR) is 60.9 cm³/mol. The van der Waals surface area contributed by atoms with Crippen LogP contribution in [0.2, 0.25) is 0 Å². The normalized spacial score (nSPS) is 19.0. The molecule has 102 valence electrons. The molecule has 1 saturated heterocycles. The minimum atomic E-state index is -1.58. The van der Waals surface area contributed by atoms with E-state index < -0.39 is 29.1 Å². The summed E-state index contributed by atoms with van der Waals surface area (Å²) in [5.41, 5.74) is -1.09. The molecule has 0 bridgehead atoms. The summed E-state index contributed by atoms with van der Waals surface area (Å²) in [6, 6.07) is 1.24. The van der Waals surface area contributed by atoms with Crippen molar-refractivity contribution in [3.05, 3.63) is 29.3 Å². The summed E-state index contributed by atoms with van der Waals surface area (Å²) >= 11 is 0. The molecule has 1 heterocycles. The molecule has 2 rings (SSSR count). The molecule has 0 aliphatic carbocycles. The lowest BCUT2D eigenvalue weighted by molar-refractivity contribution is -0.117. The Morgan fingerprint density at radius 2 is 2.05 bits per heavy atom. The van der Waals surface area contributed by atoms with Crippen LogP contribution >= 0.6 is 0 Å². The van der Waals surface area contributed by atoms with E-state index >= 15 is 0 Å². The maximum Gasteiger partial charge on any atom is 0.338 e. The summed E-state index contributed by atoms with van der Waals surface area (Å²) in [6.07, 6.45) is 0.0538. The van der Waals surface area contributed by atoms with Gasteiger partial charge in [-0.25, -0.2) is 13.6 Å². The van der Waals surface area contributed by atoms with Crippen LogP contribution in [0.15, 0.2) is 12.1 Å². The van der Waals surface area contributed by atoms with Crippen LogP contribution in [-0.2, 0) is 4.79 Å². The molecule has 1 aliphatic rings. The molecule has 0 radical (unpaired) electrons. The highest BCUT2D eigenvalue weighted by atomic mass is 19.1. The first-order valence-electron chi connectivity index (χ1n) is 5.57. The Labute approximate surface area is 107 Å². The van der Waals surface area contributed by atoms with E-state index in [1.165, 1.54) is 0 Å². The van der Waals surface area contributed by atoms with Crippen molar-refractivity contribution in [2.75, 3.05) is 18.1 Å². The van der Waals surface area contributed by atoms with Gasteiger partial charge in [0, 0.05) is 31.6 Å². The Morgan fingerprint density at radius 1 is 1.37 bits per heavy atom. The standard InChI is InChI=1S/C12H11F2NO4/c13-8-3-10(9(14)2-7(8)12(18)19)15-4-6(5-16)1-11(15)17/h2-3,6,16H,1,4-5H2,(H,18,19). The number of rotatable bonds is 3. The number of aliphatic hydroxyl groups excluding tert-OH is 1. The van der Waals surface area contributed by atoms with E-state index in [4.69, 9.17) is 10.2 Å². The summed E-state index contributed by atoms with van der Waals surface area (Å²) in [6.45, 7) is -0.141. The molecule has 7 heteroatoms. The van der Waals surface area contributed by atoms with E-state index in [0.717, 1.165) is 4.90 Å². The van der Waals surface area contributed by atoms with Crippen molar-refractivity contribution in [3.63, 3.8) is 0 Å². The first-order chi connectivity index (χ1) is 8.93. The van der Waals surface area contributed by atoms with Gasteiger partial charge in [-0.05, 0) is 6.07 Å². The number of halogens is 2. The fourth-order valence-corrected chi connectivity index (χ4v) is 2.04. The van der Waals surface area contributed by atoms with Crippen molar-refractivity contribution in [2.45, 2.75) is 6.42 Å². The third kappa shape index (κ3) is 2.41. The molecular weight excluding hydrogens is 260 g/mol. The monoisotopic (exact) mass is 271 g/mol. The number of benzene rings is 1. The van der Waals surface area contributed by atoms with E-state index in [0.29, 0.717) is 12.1 Å². The van der Waals surface area contributed by atoms with Crippen molar-refractivity contribution in [3.8, 4) is 0 Å². The Balaban J connectivity index is 2.39. The maximum absolute atomic E-state index is 13.8. The number of carboxylic acid groups (broad SMARTS) is 1. The second-order valence-electron chi connectivity index (χ2n) is 4.35. The van der Waals surface area contributed by atoms with Gasteiger partial charge >= 0.3 is 5.97 Å². The molecule has 1 amide bonds. The molecular formula is C12H11F2NO4. The van der Waals surface area contributed by atoms with Gasteiger partial charge in [0.1, 0.15) is 11.6 Å². The fourth-order valence-electron chi connectivity index (χ4n) is 2.04. The van der Waals surface area contributed by atoms with Crippen LogP contribution in [-0.4, -0.2) is 35.2 Å². The molecule has 0 aromatic heterocycles. The Morgan fingerprint density at radius 3 is 2.58 bits per heavy atom. The number of amides is 1. The number of hydrogen-bond acceptors (Lipinski definition) is 3. The van der Waals surface area contributed by atoms with E-state index in [9.17, 15) is 18.4 Å². The molecule has 0 saturated carbocycles. The minimum Gasteiger partial charge on any atom is -0.478 e. The third-order valence-electron chi connectivity index (χ3n) is 3.02. The predicted octanol–water partition coefficient (Wildman–Crippen LogP) is 1.01. The summed E-state index contributed by atoms with van der Waals surface area (Å²) in [4.78, 5) is 23.3. The third-order valence-corrected chi connectivity index (χ3v) is 3.02. The van der Waals surface area contributed by atoms with E-state index in [2.05, 4.69) is 0 Å². The van der Waals surface area contributed by atoms with Crippen LogP contribution in [0.5, 0.6) is 0 Å². The number of nitrogens with zero attached hydrogens (tertiary/aromatic N) is 1. The van der Waals surface area contributed by atoms with Gasteiger partial charge in [-0.3, -0.25) is 4.79 Å². The summed E-state index contributed by atoms with van der Waals surface area (Å²) in [5.74, 6) is -4.42. The number of carbonyl (C=O) groups excluding carboxylic acids is 1. The van der Waals surface area contributed by atoms with Crippen molar-refractivity contribution in [1.82, 2.24) is 0 Å². The highest BCUT2D eigenvalue weighted by Gasteiger charge is 2.32. The number of carbonyl (C=O) groups is 2. The van der Waals surface area contributed by atoms with Crippen LogP contribution in [0.4, 0.5) is 14.5 Å². The number of anilines is 1. The highest BCUT2D eigenvalue weighted by Crippen LogP contribution is 2.29. The quantitative estimate of drug-likeness (QED) is 0.860. The number of aromatic carboxylic acids is 1. The lowest BCUT2D eigenvalue weighted by atomic mass is 10.1. The molecule has 5 nitrogen and oxygen atoms in total. The van der Waals surface area contributed by atoms with Crippen LogP contribution in [0, 0.1) is 17.6 Å². The second-order valence-corrected chi connectivity index (χ2v) is 4.35. The lowest BCUT2D eigenvalue weighted by Gasteiger charge is -2.17. The van der Waals surface area contributed by atoms with Gasteiger partial charge in [0.2, 0.25) is 5.91 Å². The van der Waals surface area contributed by atoms with Gasteiger partial charge in [0.15, 0.2) is 0 Å². The van der Waals surface area contributed by atoms with Crippen LogP contribution in [0.3, 0.4) is 0 Å². The zero-order valence-electron chi connectivity index (χ0n) is 9.77. The first kappa shape index (κ1) is 13.4. The second kappa shape index (κ2) is 4.93. The van der Waals surface area contributed by atoms with Crippen LogP contribution < -0.4 is 4.90 Å². The topological polar surface area (TPSA) is 77.8 Å². The molecule has 1 aliphatic heterocycles. The van der Waals surface area contributed by atoms with Crippen LogP contribution in [0.25, 0.3) is 0 Å². The smallest absolute Gasteiger partial charge is 0.338 e. The van der Waals surface area contributed by atoms with Gasteiger partial charge in [0.05, 0.1) is 11.3 Å². The van der Waals surface area contributed by atoms with Crippen molar-refractivity contribution >= 4 is 17.6 Å². The van der Waals surface area contributed by atoms with Crippen molar-refractivity contribution in [1.29, 1.82) is 0 Å². The number of hydrogen-bond donors (Lipinski definition) is 2. The Kier molecular flexibility index (Phi) is 3.48. The molecule has 19 heavy (non-hydrogen) atoms. The Hall–Kier alpha value is -2.02. The zero-order valence-corrected chi connectivity index (χ0v) is 9.77. The van der Waals surface area contributed by atoms with Crippen LogP contribution in [0.1, 0.15) is 16.8 Å². The SMILES string of the molecule is O=C(O)c1cc(F)c(N2CC(CO)CC2=O)cc1F. The lowest BCUT2D eigenvalue weighted by Crippen LogP contribution is -2.26. The molecule has 0 spiro atoms. The average Bonchev–Trinajstić information content (AvgIpc) is 2.72. The molecule has 1 aromatic carbocycles. The minimum absolute atomic E-state index is 0.0538. The number of carboxylic acids is 1. The zero-order chi connectivity index (χ0) is 14.2. The average molecular weight is 271 g/mol. The summed E-state index contributed by atoms with van der Waals surface area (Å²) in [5, 5.41) is 17.6. The maximum atomic E-state index is 13.8. The van der Waals surface area contributed by atoms with E-state index in [1.807, 2.05) is 0 Å². The molecule has 1 fully saturated rings. The first-order valence-corrected chi connectivity index (χ1v) is 5.57. The molecule has 1 aromatic rings. The largest absolute Gasteiger partial charge is 0.478 e. The van der Waals surface area contributed by atoms with Gasteiger partial charge in [0.25, 0.3) is 0 Å². The van der Waals surface area contributed by atoms with Gasteiger partial charge in [-0.1, -0.05) is 0 Å². The summed E-state index contributed by atoms with van der Waals surface area (Å²) in [7, 11) is 0. The van der Waals surface area contributed by atoms with Gasteiger partial charge in [-0.15, -0.1) is 0 Å². The number of aliphatic hydroxyl groups is 1. The van der Waals surface area contributed by atoms with Crippen molar-refractivity contribution in [2.24, 2.45) is 5.92 Å². The summed E-state index contributed by atoms with van der Waals surface area (Å²) < 4.78 is 27.3.